The molecule has 4 rings (SSSR count). The SMILES string of the molecule is CSc1ccccc1C(=O)C1CCCN(Cc2cn[nH]c2-c2ccccc2)C1. The van der Waals surface area contributed by atoms with Crippen LogP contribution in [0.25, 0.3) is 11.3 Å². The first-order chi connectivity index (χ1) is 13.8. The van der Waals surface area contributed by atoms with E-state index in [1.165, 1.54) is 5.56 Å². The Bertz CT molecular complexity index is 938. The van der Waals surface area contributed by atoms with Crippen LogP contribution in [0.4, 0.5) is 0 Å². The lowest BCUT2D eigenvalue weighted by Crippen LogP contribution is -2.38. The second-order valence-corrected chi connectivity index (χ2v) is 8.12. The maximum atomic E-state index is 13.2. The molecule has 2 aromatic carbocycles. The van der Waals surface area contributed by atoms with Gasteiger partial charge in [0.25, 0.3) is 0 Å². The summed E-state index contributed by atoms with van der Waals surface area (Å²) in [6.45, 7) is 2.64. The van der Waals surface area contributed by atoms with Crippen molar-refractivity contribution in [2.75, 3.05) is 19.3 Å². The van der Waals surface area contributed by atoms with Crippen LogP contribution in [0.5, 0.6) is 0 Å². The summed E-state index contributed by atoms with van der Waals surface area (Å²) >= 11 is 1.65. The molecule has 1 aliphatic rings. The van der Waals surface area contributed by atoms with E-state index in [9.17, 15) is 4.79 Å². The number of ketones is 1. The number of likely N-dealkylation sites (tertiary alicyclic amines) is 1. The maximum absolute atomic E-state index is 13.2. The molecule has 0 amide bonds. The molecule has 1 saturated heterocycles. The van der Waals surface area contributed by atoms with Crippen LogP contribution < -0.4 is 0 Å². The van der Waals surface area contributed by atoms with Crippen LogP contribution in [0.2, 0.25) is 0 Å². The largest absolute Gasteiger partial charge is 0.298 e. The molecule has 1 fully saturated rings. The van der Waals surface area contributed by atoms with Gasteiger partial charge in [-0.2, -0.15) is 5.10 Å². The number of carbonyl (C=O) groups excluding carboxylic acids is 1. The number of Topliss-reactive ketones (excluding diaryl/α,β-unsaturated/α-hetero) is 1. The van der Waals surface area contributed by atoms with E-state index in [0.717, 1.165) is 54.2 Å². The molecule has 28 heavy (non-hydrogen) atoms. The molecule has 144 valence electrons. The van der Waals surface area contributed by atoms with Crippen molar-refractivity contribution in [1.29, 1.82) is 0 Å². The number of hydrogen-bond donors (Lipinski definition) is 1. The minimum atomic E-state index is 0.0640. The molecule has 5 heteroatoms. The highest BCUT2D eigenvalue weighted by atomic mass is 32.2. The van der Waals surface area contributed by atoms with Crippen molar-refractivity contribution in [1.82, 2.24) is 15.1 Å². The van der Waals surface area contributed by atoms with Gasteiger partial charge in [-0.3, -0.25) is 14.8 Å². The van der Waals surface area contributed by atoms with E-state index in [0.29, 0.717) is 0 Å². The van der Waals surface area contributed by atoms with Crippen LogP contribution in [0.15, 0.2) is 65.7 Å². The zero-order valence-corrected chi connectivity index (χ0v) is 16.9. The first-order valence-electron chi connectivity index (χ1n) is 9.73. The van der Waals surface area contributed by atoms with E-state index < -0.39 is 0 Å². The molecule has 1 aromatic heterocycles. The van der Waals surface area contributed by atoms with Gasteiger partial charge in [-0.15, -0.1) is 11.8 Å². The summed E-state index contributed by atoms with van der Waals surface area (Å²) in [5.41, 5.74) is 4.27. The highest BCUT2D eigenvalue weighted by molar-refractivity contribution is 7.98. The van der Waals surface area contributed by atoms with Crippen LogP contribution in [0.3, 0.4) is 0 Å². The Morgan fingerprint density at radius 2 is 1.96 bits per heavy atom. The number of piperidine rings is 1. The lowest BCUT2D eigenvalue weighted by atomic mass is 9.89. The number of aromatic amines is 1. The maximum Gasteiger partial charge on any atom is 0.168 e. The molecule has 1 unspecified atom stereocenters. The van der Waals surface area contributed by atoms with Gasteiger partial charge in [-0.25, -0.2) is 0 Å². The number of aromatic nitrogens is 2. The molecule has 4 nitrogen and oxygen atoms in total. The minimum Gasteiger partial charge on any atom is -0.298 e. The fourth-order valence-electron chi connectivity index (χ4n) is 4.01. The third-order valence-corrected chi connectivity index (χ3v) is 6.22. The molecule has 0 radical (unpaired) electrons. The average molecular weight is 392 g/mol. The monoisotopic (exact) mass is 391 g/mol. The first kappa shape index (κ1) is 19.0. The van der Waals surface area contributed by atoms with Gasteiger partial charge in [0, 0.05) is 35.0 Å². The molecule has 1 aliphatic heterocycles. The molecule has 1 N–H and O–H groups in total. The smallest absolute Gasteiger partial charge is 0.168 e. The quantitative estimate of drug-likeness (QED) is 0.480. The van der Waals surface area contributed by atoms with E-state index in [4.69, 9.17) is 0 Å². The third kappa shape index (κ3) is 4.05. The number of benzene rings is 2. The minimum absolute atomic E-state index is 0.0640. The van der Waals surface area contributed by atoms with Crippen molar-refractivity contribution in [3.8, 4) is 11.3 Å². The lowest BCUT2D eigenvalue weighted by molar-refractivity contribution is 0.0809. The summed E-state index contributed by atoms with van der Waals surface area (Å²) in [6, 6.07) is 18.3. The van der Waals surface area contributed by atoms with Gasteiger partial charge >= 0.3 is 0 Å². The topological polar surface area (TPSA) is 49.0 Å². The van der Waals surface area contributed by atoms with Gasteiger partial charge in [-0.05, 0) is 37.3 Å². The number of H-pyrrole nitrogens is 1. The fraction of sp³-hybridized carbons (Fsp3) is 0.304. The number of hydrogen-bond acceptors (Lipinski definition) is 4. The molecule has 0 bridgehead atoms. The zero-order chi connectivity index (χ0) is 19.3. The predicted octanol–water partition coefficient (Wildman–Crippen LogP) is 4.89. The van der Waals surface area contributed by atoms with Gasteiger partial charge in [0.1, 0.15) is 0 Å². The van der Waals surface area contributed by atoms with Crippen molar-refractivity contribution in [2.24, 2.45) is 5.92 Å². The van der Waals surface area contributed by atoms with Gasteiger partial charge in [0.2, 0.25) is 0 Å². The molecular weight excluding hydrogens is 366 g/mol. The van der Waals surface area contributed by atoms with Crippen molar-refractivity contribution in [3.63, 3.8) is 0 Å². The number of nitrogens with zero attached hydrogens (tertiary/aromatic N) is 2. The van der Waals surface area contributed by atoms with Crippen molar-refractivity contribution >= 4 is 17.5 Å². The van der Waals surface area contributed by atoms with Crippen LogP contribution in [-0.2, 0) is 6.54 Å². The number of thioether (sulfide) groups is 1. The van der Waals surface area contributed by atoms with Gasteiger partial charge in [-0.1, -0.05) is 48.5 Å². The first-order valence-corrected chi connectivity index (χ1v) is 11.0. The van der Waals surface area contributed by atoms with E-state index in [1.54, 1.807) is 11.8 Å². The molecule has 0 aliphatic carbocycles. The Hall–Kier alpha value is -2.37. The summed E-state index contributed by atoms with van der Waals surface area (Å²) in [7, 11) is 0. The predicted molar refractivity (Wildman–Crippen MR) is 115 cm³/mol. The Morgan fingerprint density at radius 3 is 2.79 bits per heavy atom. The van der Waals surface area contributed by atoms with Crippen molar-refractivity contribution < 1.29 is 4.79 Å². The van der Waals surface area contributed by atoms with Gasteiger partial charge in [0.15, 0.2) is 5.78 Å². The number of carbonyl (C=O) groups is 1. The number of nitrogens with one attached hydrogen (secondary N) is 1. The lowest BCUT2D eigenvalue weighted by Gasteiger charge is -2.32. The molecule has 0 spiro atoms. The van der Waals surface area contributed by atoms with Crippen LogP contribution in [0, 0.1) is 5.92 Å². The number of rotatable bonds is 6. The Morgan fingerprint density at radius 1 is 1.18 bits per heavy atom. The Labute approximate surface area is 170 Å². The Kier molecular flexibility index (Phi) is 5.93. The van der Waals surface area contributed by atoms with Crippen LogP contribution >= 0.6 is 11.8 Å². The van der Waals surface area contributed by atoms with Gasteiger partial charge in [0.05, 0.1) is 11.9 Å². The average Bonchev–Trinajstić information content (AvgIpc) is 3.22. The highest BCUT2D eigenvalue weighted by Crippen LogP contribution is 2.28. The third-order valence-electron chi connectivity index (χ3n) is 5.42. The van der Waals surface area contributed by atoms with Gasteiger partial charge < -0.3 is 0 Å². The van der Waals surface area contributed by atoms with E-state index in [2.05, 4.69) is 27.2 Å². The molecule has 1 atom stereocenters. The van der Waals surface area contributed by atoms with E-state index in [-0.39, 0.29) is 11.7 Å². The molecule has 3 aromatic rings. The second kappa shape index (κ2) is 8.76. The molecule has 2 heterocycles. The van der Waals surface area contributed by atoms with E-state index >= 15 is 0 Å². The molecule has 0 saturated carbocycles. The van der Waals surface area contributed by atoms with Crippen molar-refractivity contribution in [2.45, 2.75) is 24.3 Å². The van der Waals surface area contributed by atoms with Crippen molar-refractivity contribution in [3.05, 3.63) is 71.9 Å². The molecular formula is C23H25N3OS. The van der Waals surface area contributed by atoms with Crippen LogP contribution in [-0.4, -0.2) is 40.2 Å². The highest BCUT2D eigenvalue weighted by Gasteiger charge is 2.28. The summed E-state index contributed by atoms with van der Waals surface area (Å²) < 4.78 is 0. The van der Waals surface area contributed by atoms with E-state index in [1.807, 2.05) is 54.9 Å². The summed E-state index contributed by atoms with van der Waals surface area (Å²) in [6.07, 6.45) is 5.96. The normalized spacial score (nSPS) is 17.5. The standard InChI is InChI=1S/C23H25N3OS/c1-28-21-12-6-5-11-20(21)23(27)18-10-7-13-26(15-18)16-19-14-24-25-22(19)17-8-3-2-4-9-17/h2-6,8-9,11-12,14,18H,7,10,13,15-16H2,1H3,(H,24,25). The zero-order valence-electron chi connectivity index (χ0n) is 16.1. The summed E-state index contributed by atoms with van der Waals surface area (Å²) in [5.74, 6) is 0.347. The fourth-order valence-corrected chi connectivity index (χ4v) is 4.61. The van der Waals surface area contributed by atoms with Crippen LogP contribution in [0.1, 0.15) is 28.8 Å². The summed E-state index contributed by atoms with van der Waals surface area (Å²) in [4.78, 5) is 16.6. The Balaban J connectivity index is 1.48. The second-order valence-electron chi connectivity index (χ2n) is 7.28. The summed E-state index contributed by atoms with van der Waals surface area (Å²) in [5, 5.41) is 7.41.